The fraction of sp³-hybridized carbons (Fsp3) is 0.312. The van der Waals surface area contributed by atoms with Crippen LogP contribution >= 0.6 is 0 Å². The Kier molecular flexibility index (Phi) is 5.28. The molecule has 0 radical (unpaired) electrons. The van der Waals surface area contributed by atoms with Gasteiger partial charge in [0.1, 0.15) is 17.2 Å². The number of nitrogens with zero attached hydrogens (tertiary/aromatic N) is 1. The first-order chi connectivity index (χ1) is 11.2. The van der Waals surface area contributed by atoms with Crippen LogP contribution in [0.5, 0.6) is 11.5 Å². The molecule has 0 spiro atoms. The highest BCUT2D eigenvalue weighted by Crippen LogP contribution is 2.37. The molecule has 1 atom stereocenters. The first kappa shape index (κ1) is 18.0. The van der Waals surface area contributed by atoms with E-state index in [9.17, 15) is 14.3 Å². The second-order valence-corrected chi connectivity index (χ2v) is 7.11. The normalized spacial score (nSPS) is 12.2. The largest absolute Gasteiger partial charge is 0.506 e. The summed E-state index contributed by atoms with van der Waals surface area (Å²) in [5, 5.41) is 13.3. The molecule has 0 heterocycles. The summed E-state index contributed by atoms with van der Waals surface area (Å²) >= 11 is 0. The first-order valence-corrected chi connectivity index (χ1v) is 8.84. The number of phenolic OH excluding ortho intramolecular Hbond substituents is 1. The molecule has 24 heavy (non-hydrogen) atoms. The number of fused-ring (bicyclic) bond motifs is 1. The molecular weight excluding hydrogens is 333 g/mol. The van der Waals surface area contributed by atoms with Crippen molar-refractivity contribution >= 4 is 33.4 Å². The maximum Gasteiger partial charge on any atom is 0.412 e. The highest BCUT2D eigenvalue weighted by Gasteiger charge is 2.18. The number of anilines is 1. The summed E-state index contributed by atoms with van der Waals surface area (Å²) < 4.78 is 29.0. The second-order valence-electron chi connectivity index (χ2n) is 5.61. The summed E-state index contributed by atoms with van der Waals surface area (Å²) in [5.74, 6) is -0.700. The summed E-state index contributed by atoms with van der Waals surface area (Å²) in [6.07, 6.45) is 0.973. The molecule has 2 rings (SSSR count). The molecule has 8 heteroatoms. The van der Waals surface area contributed by atoms with E-state index in [-0.39, 0.29) is 28.6 Å². The van der Waals surface area contributed by atoms with Crippen LogP contribution in [-0.2, 0) is 10.9 Å². The van der Waals surface area contributed by atoms with Crippen molar-refractivity contribution in [3.8, 4) is 11.5 Å². The number of hydrogen-bond donors (Lipinski definition) is 3. The minimum Gasteiger partial charge on any atom is -0.506 e. The molecule has 0 aliphatic carbocycles. The van der Waals surface area contributed by atoms with E-state index in [1.807, 2.05) is 0 Å². The third-order valence-electron chi connectivity index (χ3n) is 3.35. The summed E-state index contributed by atoms with van der Waals surface area (Å²) in [7, 11) is 0.530. The molecule has 0 saturated heterocycles. The molecule has 3 N–H and O–H groups in total. The maximum atomic E-state index is 14.8. The SMILES string of the molecule is CC(C)NC(=O)Oc1ccc2cc(O)c(N(C)S(C)=N)c(F)c2c1. The van der Waals surface area contributed by atoms with Gasteiger partial charge in [0.05, 0.1) is 0 Å². The van der Waals surface area contributed by atoms with Crippen molar-refractivity contribution in [1.82, 2.24) is 5.32 Å². The van der Waals surface area contributed by atoms with Crippen molar-refractivity contribution in [2.45, 2.75) is 19.9 Å². The van der Waals surface area contributed by atoms with Gasteiger partial charge in [0.25, 0.3) is 0 Å². The average molecular weight is 353 g/mol. The van der Waals surface area contributed by atoms with Gasteiger partial charge in [-0.05, 0) is 48.3 Å². The van der Waals surface area contributed by atoms with Crippen molar-refractivity contribution in [2.75, 3.05) is 17.6 Å². The number of phenols is 1. The van der Waals surface area contributed by atoms with Crippen LogP contribution in [0.3, 0.4) is 0 Å². The van der Waals surface area contributed by atoms with Gasteiger partial charge in [-0.1, -0.05) is 6.07 Å². The number of amides is 1. The highest BCUT2D eigenvalue weighted by atomic mass is 32.2. The molecule has 0 bridgehead atoms. The lowest BCUT2D eigenvalue weighted by Gasteiger charge is -2.21. The zero-order valence-electron chi connectivity index (χ0n) is 13.9. The predicted octanol–water partition coefficient (Wildman–Crippen LogP) is 3.54. The van der Waals surface area contributed by atoms with Crippen molar-refractivity contribution < 1.29 is 19.0 Å². The molecule has 0 aromatic heterocycles. The van der Waals surface area contributed by atoms with E-state index in [1.54, 1.807) is 26.2 Å². The standard InChI is InChI=1S/C16H20FN3O3S/c1-9(2)19-16(22)23-11-6-5-10-7-13(21)15(20(3)24(4)18)14(17)12(10)8-11/h5-9,18,21H,1-4H3,(H,19,22). The smallest absolute Gasteiger partial charge is 0.412 e. The van der Waals surface area contributed by atoms with Crippen molar-refractivity contribution in [3.63, 3.8) is 0 Å². The highest BCUT2D eigenvalue weighted by molar-refractivity contribution is 7.86. The topological polar surface area (TPSA) is 85.7 Å². The summed E-state index contributed by atoms with van der Waals surface area (Å²) in [5.41, 5.74) is -0.0490. The Bertz CT molecular complexity index is 811. The summed E-state index contributed by atoms with van der Waals surface area (Å²) in [4.78, 5) is 11.7. The predicted molar refractivity (Wildman–Crippen MR) is 94.3 cm³/mol. The Hall–Kier alpha value is -2.35. The third kappa shape index (κ3) is 3.76. The fourth-order valence-electron chi connectivity index (χ4n) is 2.18. The van der Waals surface area contributed by atoms with Crippen molar-refractivity contribution in [1.29, 1.82) is 4.78 Å². The van der Waals surface area contributed by atoms with Crippen LogP contribution in [0.25, 0.3) is 10.8 Å². The molecule has 0 aliphatic rings. The van der Waals surface area contributed by atoms with Crippen LogP contribution in [0, 0.1) is 10.6 Å². The second kappa shape index (κ2) is 7.04. The van der Waals surface area contributed by atoms with Gasteiger partial charge >= 0.3 is 6.09 Å². The van der Waals surface area contributed by atoms with Gasteiger partial charge in [0.15, 0.2) is 5.82 Å². The first-order valence-electron chi connectivity index (χ1n) is 7.25. The van der Waals surface area contributed by atoms with Crippen molar-refractivity contribution in [2.24, 2.45) is 0 Å². The van der Waals surface area contributed by atoms with E-state index in [0.717, 1.165) is 0 Å². The number of carbonyl (C=O) groups excluding carboxylic acids is 1. The molecule has 0 aliphatic heterocycles. The van der Waals surface area contributed by atoms with Crippen LogP contribution in [0.15, 0.2) is 24.3 Å². The number of hydrogen-bond acceptors (Lipinski definition) is 4. The molecule has 0 fully saturated rings. The molecule has 0 saturated carbocycles. The molecule has 2 aromatic carbocycles. The lowest BCUT2D eigenvalue weighted by Crippen LogP contribution is -2.32. The van der Waals surface area contributed by atoms with Crippen LogP contribution in [0.2, 0.25) is 0 Å². The number of ether oxygens (including phenoxy) is 1. The van der Waals surface area contributed by atoms with E-state index < -0.39 is 22.8 Å². The van der Waals surface area contributed by atoms with Gasteiger partial charge in [0, 0.05) is 24.7 Å². The van der Waals surface area contributed by atoms with E-state index >= 15 is 0 Å². The lowest BCUT2D eigenvalue weighted by atomic mass is 10.1. The molecule has 6 nitrogen and oxygen atoms in total. The minimum atomic E-state index is -1.01. The molecule has 130 valence electrons. The van der Waals surface area contributed by atoms with E-state index in [0.29, 0.717) is 5.39 Å². The Morgan fingerprint density at radius 3 is 2.67 bits per heavy atom. The Balaban J connectivity index is 2.47. The van der Waals surface area contributed by atoms with Crippen LogP contribution in [0.1, 0.15) is 13.8 Å². The molecule has 1 unspecified atom stereocenters. The molecule has 1 amide bonds. The average Bonchev–Trinajstić information content (AvgIpc) is 2.46. The maximum absolute atomic E-state index is 14.8. The van der Waals surface area contributed by atoms with Crippen LogP contribution < -0.4 is 14.4 Å². The number of benzene rings is 2. The van der Waals surface area contributed by atoms with E-state index in [1.165, 1.54) is 29.6 Å². The summed E-state index contributed by atoms with van der Waals surface area (Å²) in [6, 6.07) is 5.84. The van der Waals surface area contributed by atoms with Crippen LogP contribution in [0.4, 0.5) is 14.9 Å². The van der Waals surface area contributed by atoms with E-state index in [4.69, 9.17) is 9.52 Å². The number of halogens is 1. The fourth-order valence-corrected chi connectivity index (χ4v) is 2.63. The quantitative estimate of drug-likeness (QED) is 0.785. The Morgan fingerprint density at radius 1 is 1.42 bits per heavy atom. The van der Waals surface area contributed by atoms with Gasteiger partial charge in [0.2, 0.25) is 0 Å². The third-order valence-corrected chi connectivity index (χ3v) is 4.35. The molecular formula is C16H20FN3O3S. The lowest BCUT2D eigenvalue weighted by molar-refractivity contribution is 0.198. The minimum absolute atomic E-state index is 0.0490. The monoisotopic (exact) mass is 353 g/mol. The Morgan fingerprint density at radius 2 is 2.08 bits per heavy atom. The van der Waals surface area contributed by atoms with Crippen LogP contribution in [-0.4, -0.2) is 30.5 Å². The van der Waals surface area contributed by atoms with Crippen molar-refractivity contribution in [3.05, 3.63) is 30.1 Å². The number of nitrogens with one attached hydrogen (secondary N) is 2. The zero-order valence-corrected chi connectivity index (χ0v) is 14.7. The number of rotatable bonds is 4. The molecule has 2 aromatic rings. The Labute approximate surface area is 142 Å². The van der Waals surface area contributed by atoms with Gasteiger partial charge < -0.3 is 19.5 Å². The summed E-state index contributed by atoms with van der Waals surface area (Å²) in [6.45, 7) is 3.60. The number of carbonyl (C=O) groups is 1. The number of aromatic hydroxyl groups is 1. The van der Waals surface area contributed by atoms with Gasteiger partial charge in [-0.2, -0.15) is 0 Å². The van der Waals surface area contributed by atoms with Gasteiger partial charge in [-0.3, -0.25) is 4.78 Å². The van der Waals surface area contributed by atoms with E-state index in [2.05, 4.69) is 5.32 Å². The van der Waals surface area contributed by atoms with Gasteiger partial charge in [-0.25, -0.2) is 9.18 Å². The zero-order chi connectivity index (χ0) is 18.0. The van der Waals surface area contributed by atoms with Gasteiger partial charge in [-0.15, -0.1) is 0 Å².